The molecule has 0 spiro atoms. The molecule has 2 nitrogen and oxygen atoms in total. The lowest BCUT2D eigenvalue weighted by molar-refractivity contribution is 0.768. The van der Waals surface area contributed by atoms with Gasteiger partial charge in [-0.3, -0.25) is 4.98 Å². The zero-order valence-electron chi connectivity index (χ0n) is 33.2. The maximum atomic E-state index is 5.11. The number of hydrogen-bond donors (Lipinski definition) is 0. The van der Waals surface area contributed by atoms with Gasteiger partial charge in [0, 0.05) is 27.5 Å². The van der Waals surface area contributed by atoms with E-state index in [9.17, 15) is 0 Å². The van der Waals surface area contributed by atoms with Gasteiger partial charge in [0.15, 0.2) is 0 Å². The predicted molar refractivity (Wildman–Crippen MR) is 257 cm³/mol. The van der Waals surface area contributed by atoms with Crippen LogP contribution in [0.1, 0.15) is 22.3 Å². The molecule has 9 aromatic carbocycles. The van der Waals surface area contributed by atoms with Gasteiger partial charge in [-0.2, -0.15) is 0 Å². The van der Waals surface area contributed by atoms with E-state index in [0.717, 1.165) is 38.4 Å². The van der Waals surface area contributed by atoms with Crippen molar-refractivity contribution in [1.29, 1.82) is 0 Å². The monoisotopic (exact) mass is 794 g/mol. The maximum absolute atomic E-state index is 5.11. The van der Waals surface area contributed by atoms with E-state index in [-0.39, 0.29) is 0 Å². The van der Waals surface area contributed by atoms with Crippen LogP contribution in [0.2, 0.25) is 0 Å². The van der Waals surface area contributed by atoms with Crippen molar-refractivity contribution in [3.05, 3.63) is 253 Å². The number of hydrogen-bond acceptors (Lipinski definition) is 3. The summed E-state index contributed by atoms with van der Waals surface area (Å²) in [7, 11) is 0. The van der Waals surface area contributed by atoms with Crippen molar-refractivity contribution >= 4 is 59.5 Å². The first kappa shape index (κ1) is 35.4. The largest absolute Gasteiger partial charge is 0.308 e. The molecule has 3 heteroatoms. The Kier molecular flexibility index (Phi) is 8.29. The van der Waals surface area contributed by atoms with Crippen LogP contribution in [0.5, 0.6) is 0 Å². The normalized spacial score (nSPS) is 12.7. The molecule has 0 radical (unpaired) electrons. The summed E-state index contributed by atoms with van der Waals surface area (Å²) in [4.78, 5) is 7.61. The molecule has 61 heavy (non-hydrogen) atoms. The van der Waals surface area contributed by atoms with Crippen LogP contribution in [0.15, 0.2) is 231 Å². The Hall–Kier alpha value is -7.59. The number of aromatic nitrogens is 1. The number of thiophene rings is 1. The first-order valence-electron chi connectivity index (χ1n) is 20.9. The zero-order chi connectivity index (χ0) is 40.3. The Morgan fingerprint density at radius 2 is 1.00 bits per heavy atom. The number of rotatable bonds is 7. The van der Waals surface area contributed by atoms with Crippen molar-refractivity contribution in [2.75, 3.05) is 4.90 Å². The lowest BCUT2D eigenvalue weighted by atomic mass is 9.67. The van der Waals surface area contributed by atoms with Gasteiger partial charge in [-0.15, -0.1) is 11.3 Å². The predicted octanol–water partition coefficient (Wildman–Crippen LogP) is 15.8. The van der Waals surface area contributed by atoms with Crippen molar-refractivity contribution in [2.24, 2.45) is 0 Å². The Bertz CT molecular complexity index is 3350. The van der Waals surface area contributed by atoms with Crippen molar-refractivity contribution in [3.8, 4) is 33.4 Å². The number of nitrogens with zero attached hydrogens (tertiary/aromatic N) is 2. The molecule has 0 saturated heterocycles. The van der Waals surface area contributed by atoms with Gasteiger partial charge in [0.2, 0.25) is 0 Å². The molecule has 1 aliphatic carbocycles. The van der Waals surface area contributed by atoms with Gasteiger partial charge in [-0.25, -0.2) is 0 Å². The summed E-state index contributed by atoms with van der Waals surface area (Å²) in [6.07, 6.45) is 1.99. The molecular weight excluding hydrogens is 757 g/mol. The van der Waals surface area contributed by atoms with E-state index in [1.54, 1.807) is 0 Å². The van der Waals surface area contributed by atoms with Crippen LogP contribution in [-0.4, -0.2) is 4.98 Å². The standard InChI is InChI=1S/C58H38N2S/c1-5-17-39(18-6-1)40-29-32-45(33-30-40)60(53-35-36-59-55-48-34-31-42-21-13-14-26-46(42)56(48)61-57(53)55)54-38-52-50(37-49(54)41-19-7-2-8-20-41)47-27-15-16-28-51(47)58(52,43-22-9-3-10-23-43)44-24-11-4-12-25-44/h1-38H. The highest BCUT2D eigenvalue weighted by Gasteiger charge is 2.47. The van der Waals surface area contributed by atoms with Crippen molar-refractivity contribution in [2.45, 2.75) is 5.41 Å². The van der Waals surface area contributed by atoms with Gasteiger partial charge in [0.05, 0.1) is 27.0 Å². The molecule has 0 bridgehead atoms. The van der Waals surface area contributed by atoms with E-state index >= 15 is 0 Å². The second-order valence-corrected chi connectivity index (χ2v) is 16.9. The molecule has 0 amide bonds. The highest BCUT2D eigenvalue weighted by molar-refractivity contribution is 7.27. The Labute approximate surface area is 359 Å². The van der Waals surface area contributed by atoms with Crippen LogP contribution in [0.3, 0.4) is 0 Å². The zero-order valence-corrected chi connectivity index (χ0v) is 34.1. The molecule has 0 fully saturated rings. The summed E-state index contributed by atoms with van der Waals surface area (Å²) in [6, 6.07) is 82.2. The summed E-state index contributed by atoms with van der Waals surface area (Å²) in [6.45, 7) is 0. The summed E-state index contributed by atoms with van der Waals surface area (Å²) < 4.78 is 2.41. The third-order valence-corrected chi connectivity index (χ3v) is 13.8. The van der Waals surface area contributed by atoms with Crippen LogP contribution in [0.25, 0.3) is 64.5 Å². The van der Waals surface area contributed by atoms with Gasteiger partial charge in [0.1, 0.15) is 0 Å². The summed E-state index contributed by atoms with van der Waals surface area (Å²) in [5.74, 6) is 0. The Balaban J connectivity index is 1.21. The summed E-state index contributed by atoms with van der Waals surface area (Å²) in [5.41, 5.74) is 16.0. The molecule has 1 aliphatic rings. The fraction of sp³-hybridized carbons (Fsp3) is 0.0172. The van der Waals surface area contributed by atoms with E-state index in [4.69, 9.17) is 4.98 Å². The fourth-order valence-electron chi connectivity index (χ4n) is 9.90. The van der Waals surface area contributed by atoms with Crippen LogP contribution in [0, 0.1) is 0 Å². The average Bonchev–Trinajstić information content (AvgIpc) is 3.87. The van der Waals surface area contributed by atoms with Crippen molar-refractivity contribution in [3.63, 3.8) is 0 Å². The number of pyridine rings is 1. The minimum Gasteiger partial charge on any atom is -0.308 e. The van der Waals surface area contributed by atoms with Crippen LogP contribution < -0.4 is 4.90 Å². The molecule has 0 saturated carbocycles. The first-order valence-corrected chi connectivity index (χ1v) is 21.7. The molecule has 0 N–H and O–H groups in total. The molecule has 12 rings (SSSR count). The minimum absolute atomic E-state index is 0.564. The third kappa shape index (κ3) is 5.51. The Morgan fingerprint density at radius 3 is 1.72 bits per heavy atom. The molecule has 11 aromatic rings. The molecule has 0 aliphatic heterocycles. The van der Waals surface area contributed by atoms with Crippen molar-refractivity contribution in [1.82, 2.24) is 4.98 Å². The summed E-state index contributed by atoms with van der Waals surface area (Å²) >= 11 is 1.84. The lowest BCUT2D eigenvalue weighted by Gasteiger charge is -2.35. The molecule has 286 valence electrons. The number of fused-ring (bicyclic) bond motifs is 8. The van der Waals surface area contributed by atoms with E-state index < -0.39 is 5.41 Å². The molecule has 2 heterocycles. The van der Waals surface area contributed by atoms with E-state index in [1.165, 1.54) is 65.4 Å². The molecule has 0 unspecified atom stereocenters. The molecule has 0 atom stereocenters. The lowest BCUT2D eigenvalue weighted by Crippen LogP contribution is -2.28. The maximum Gasteiger partial charge on any atom is 0.0909 e. The van der Waals surface area contributed by atoms with Gasteiger partial charge in [-0.1, -0.05) is 194 Å². The topological polar surface area (TPSA) is 16.1 Å². The van der Waals surface area contributed by atoms with Gasteiger partial charge in [0.25, 0.3) is 0 Å². The Morgan fingerprint density at radius 1 is 0.393 bits per heavy atom. The number of benzene rings is 9. The second kappa shape index (κ2) is 14.3. The third-order valence-electron chi connectivity index (χ3n) is 12.6. The van der Waals surface area contributed by atoms with E-state index in [0.29, 0.717) is 0 Å². The van der Waals surface area contributed by atoms with Gasteiger partial charge < -0.3 is 4.90 Å². The second-order valence-electron chi connectivity index (χ2n) is 15.8. The van der Waals surface area contributed by atoms with Crippen LogP contribution >= 0.6 is 11.3 Å². The SMILES string of the molecule is c1ccc(-c2ccc(N(c3cc4c(cc3-c3ccccc3)-c3ccccc3C4(c3ccccc3)c3ccccc3)c3ccnc4c3sc3c5ccccc5ccc43)cc2)cc1. The van der Waals surface area contributed by atoms with E-state index in [1.807, 2.05) is 17.5 Å². The minimum atomic E-state index is -0.564. The number of anilines is 3. The van der Waals surface area contributed by atoms with Crippen LogP contribution in [0.4, 0.5) is 17.1 Å². The first-order chi connectivity index (χ1) is 30.3. The fourth-order valence-corrected chi connectivity index (χ4v) is 11.2. The van der Waals surface area contributed by atoms with Crippen LogP contribution in [-0.2, 0) is 5.41 Å². The van der Waals surface area contributed by atoms with Crippen molar-refractivity contribution < 1.29 is 0 Å². The molecule has 2 aromatic heterocycles. The quantitative estimate of drug-likeness (QED) is 0.160. The van der Waals surface area contributed by atoms with Gasteiger partial charge >= 0.3 is 0 Å². The van der Waals surface area contributed by atoms with Gasteiger partial charge in [-0.05, 0) is 91.2 Å². The highest BCUT2D eigenvalue weighted by atomic mass is 32.1. The smallest absolute Gasteiger partial charge is 0.0909 e. The summed E-state index contributed by atoms with van der Waals surface area (Å²) in [5, 5.41) is 3.67. The molecular formula is C58H38N2S. The highest BCUT2D eigenvalue weighted by Crippen LogP contribution is 2.59. The van der Waals surface area contributed by atoms with E-state index in [2.05, 4.69) is 229 Å². The average molecular weight is 795 g/mol.